The van der Waals surface area contributed by atoms with Crippen LogP contribution in [0.3, 0.4) is 0 Å². The highest BCUT2D eigenvalue weighted by atomic mass is 31.1. The van der Waals surface area contributed by atoms with Crippen LogP contribution in [0, 0.1) is 53.4 Å². The molecule has 3 atom stereocenters. The molecular formula is C71H64BP. The average Bonchev–Trinajstić information content (AvgIpc) is 3.90. The van der Waals surface area contributed by atoms with Crippen molar-refractivity contribution in [3.05, 3.63) is 249 Å². The van der Waals surface area contributed by atoms with E-state index < -0.39 is 7.53 Å². The molecule has 5 aliphatic rings. The number of rotatable bonds is 8. The molecule has 5 aliphatic carbocycles. The van der Waals surface area contributed by atoms with E-state index in [9.17, 15) is 0 Å². The van der Waals surface area contributed by atoms with Crippen molar-refractivity contribution in [2.75, 3.05) is 0 Å². The number of aryl methyl sites for hydroxylation is 6. The summed E-state index contributed by atoms with van der Waals surface area (Å²) in [6.07, 6.45) is 8.06. The van der Waals surface area contributed by atoms with Crippen LogP contribution in [0.2, 0.25) is 0 Å². The van der Waals surface area contributed by atoms with Crippen LogP contribution >= 0.6 is 7.53 Å². The van der Waals surface area contributed by atoms with E-state index in [4.69, 9.17) is 0 Å². The summed E-state index contributed by atoms with van der Waals surface area (Å²) in [6, 6.07) is 74.1. The van der Waals surface area contributed by atoms with E-state index in [1.165, 1.54) is 154 Å². The van der Waals surface area contributed by atoms with Gasteiger partial charge in [0.25, 0.3) is 0 Å². The van der Waals surface area contributed by atoms with Gasteiger partial charge in [-0.15, -0.1) is 0 Å². The molecule has 73 heavy (non-hydrogen) atoms. The van der Waals surface area contributed by atoms with Gasteiger partial charge in [-0.3, -0.25) is 0 Å². The lowest BCUT2D eigenvalue weighted by atomic mass is 9.34. The van der Waals surface area contributed by atoms with E-state index in [-0.39, 0.29) is 23.5 Å². The molecule has 0 nitrogen and oxygen atoms in total. The summed E-state index contributed by atoms with van der Waals surface area (Å²) in [5.74, 6) is 1.79. The van der Waals surface area contributed by atoms with Crippen molar-refractivity contribution in [1.29, 1.82) is 0 Å². The Bertz CT molecular complexity index is 3660. The van der Waals surface area contributed by atoms with Crippen molar-refractivity contribution < 1.29 is 0 Å². The van der Waals surface area contributed by atoms with Gasteiger partial charge in [0.1, 0.15) is 0 Å². The summed E-state index contributed by atoms with van der Waals surface area (Å²) >= 11 is 0. The number of fused-ring (bicyclic) bond motifs is 6. The zero-order valence-electron chi connectivity index (χ0n) is 43.4. The second-order valence-electron chi connectivity index (χ2n) is 23.6. The zero-order valence-corrected chi connectivity index (χ0v) is 44.3. The molecule has 1 aromatic heterocycles. The Morgan fingerprint density at radius 1 is 0.438 bits per heavy atom. The topological polar surface area (TPSA) is 0 Å². The van der Waals surface area contributed by atoms with Gasteiger partial charge in [-0.25, -0.2) is 0 Å². The molecule has 0 spiro atoms. The first-order valence-electron chi connectivity index (χ1n) is 27.2. The third-order valence-electron chi connectivity index (χ3n) is 18.8. The molecule has 15 rings (SSSR count). The van der Waals surface area contributed by atoms with Gasteiger partial charge in [-0.1, -0.05) is 239 Å². The highest BCUT2D eigenvalue weighted by Gasteiger charge is 2.58. The fourth-order valence-corrected chi connectivity index (χ4v) is 19.1. The first-order valence-corrected chi connectivity index (χ1v) is 28.6. The molecule has 4 saturated carbocycles. The van der Waals surface area contributed by atoms with Crippen LogP contribution < -0.4 is 16.4 Å². The molecular weight excluding hydrogens is 895 g/mol. The van der Waals surface area contributed by atoms with E-state index in [1.54, 1.807) is 11.1 Å². The van der Waals surface area contributed by atoms with Gasteiger partial charge in [0, 0.05) is 16.2 Å². The molecule has 0 amide bonds. The second-order valence-corrected chi connectivity index (χ2v) is 25.7. The Kier molecular flexibility index (Phi) is 10.4. The Balaban J connectivity index is 0.820. The second kappa shape index (κ2) is 16.9. The maximum Gasteiger partial charge on any atom is 0.242 e. The first-order chi connectivity index (χ1) is 35.5. The fraction of sp³-hybridized carbons (Fsp3) is 0.239. The summed E-state index contributed by atoms with van der Waals surface area (Å²) in [5.41, 5.74) is 25.6. The monoisotopic (exact) mass is 958 g/mol. The van der Waals surface area contributed by atoms with E-state index in [2.05, 4.69) is 230 Å². The molecule has 10 aromatic rings. The van der Waals surface area contributed by atoms with Crippen LogP contribution in [-0.2, 0) is 10.8 Å². The van der Waals surface area contributed by atoms with Gasteiger partial charge in [0.2, 0.25) is 6.71 Å². The van der Waals surface area contributed by atoms with Gasteiger partial charge in [-0.2, -0.15) is 0 Å². The molecule has 4 bridgehead atoms. The van der Waals surface area contributed by atoms with Crippen LogP contribution in [0.15, 0.2) is 188 Å². The lowest BCUT2D eigenvalue weighted by molar-refractivity contribution is -0.0281. The molecule has 4 fully saturated rings. The standard InChI is InChI=1S/C71H64BP/c1-44-32-46(3)68(47(4)33-44)72(69-48(5)34-45(2)35-49(69)6)57-27-31-62-64(38-57)63-37-54(22-30-61(63)67(62)53-14-8-7-9-15-53)52-20-23-55(24-21-52)70-39-50-36-51(40-70)42-71(41-50,43-70)56-25-28-58(29-26-56)73-65-18-12-10-16-59(65)60-17-11-13-19-66(60)73/h7-35,37-38,50-51,67H,36,39-43H2,1-6H3. The van der Waals surface area contributed by atoms with Gasteiger partial charge in [0.15, 0.2) is 0 Å². The molecule has 356 valence electrons. The van der Waals surface area contributed by atoms with Crippen LogP contribution in [0.25, 0.3) is 48.6 Å². The average molecular weight is 959 g/mol. The number of hydrogen-bond acceptors (Lipinski definition) is 0. The number of benzene rings is 9. The summed E-state index contributed by atoms with van der Waals surface area (Å²) in [5, 5.41) is 7.35. The van der Waals surface area contributed by atoms with Crippen LogP contribution in [0.4, 0.5) is 0 Å². The van der Waals surface area contributed by atoms with Crippen molar-refractivity contribution in [3.8, 4) is 27.6 Å². The number of hydrogen-bond donors (Lipinski definition) is 0. The minimum absolute atomic E-state index is 0.124. The van der Waals surface area contributed by atoms with E-state index in [1.807, 2.05) is 0 Å². The lowest BCUT2D eigenvalue weighted by Gasteiger charge is -2.63. The lowest BCUT2D eigenvalue weighted by Crippen LogP contribution is -2.55. The Morgan fingerprint density at radius 2 is 0.904 bits per heavy atom. The van der Waals surface area contributed by atoms with E-state index >= 15 is 0 Å². The molecule has 0 N–H and O–H groups in total. The van der Waals surface area contributed by atoms with Crippen molar-refractivity contribution in [3.63, 3.8) is 0 Å². The van der Waals surface area contributed by atoms with Gasteiger partial charge in [-0.05, 0) is 175 Å². The SMILES string of the molecule is Cc1cc(C)c(B(c2ccc3c(c2)-c2cc(-c4ccc(C56CC7CC(C5)CC(c5ccc(-p8c9ccccc9c9ccccc98)cc5)(C7)C6)cc4)ccc2C3c2ccccc2)c2c(C)cc(C)cc2C)c(C)c1. The first kappa shape index (κ1) is 45.0. The van der Waals surface area contributed by atoms with Crippen LogP contribution in [0.5, 0.6) is 0 Å². The Hall–Kier alpha value is -6.66. The third-order valence-corrected chi connectivity index (χ3v) is 21.3. The van der Waals surface area contributed by atoms with Gasteiger partial charge >= 0.3 is 0 Å². The predicted molar refractivity (Wildman–Crippen MR) is 314 cm³/mol. The zero-order chi connectivity index (χ0) is 49.3. The third kappa shape index (κ3) is 7.16. The van der Waals surface area contributed by atoms with E-state index in [0.717, 1.165) is 11.8 Å². The molecule has 0 saturated heterocycles. The predicted octanol–water partition coefficient (Wildman–Crippen LogP) is 17.0. The normalized spacial score (nSPS) is 21.5. The largest absolute Gasteiger partial charge is 0.242 e. The summed E-state index contributed by atoms with van der Waals surface area (Å²) in [6.45, 7) is 13.9. The summed E-state index contributed by atoms with van der Waals surface area (Å²) in [4.78, 5) is 0. The minimum Gasteiger partial charge on any atom is -0.0772 e. The summed E-state index contributed by atoms with van der Waals surface area (Å²) in [7, 11) is -0.543. The van der Waals surface area contributed by atoms with Gasteiger partial charge in [0.05, 0.1) is 0 Å². The smallest absolute Gasteiger partial charge is 0.0772 e. The van der Waals surface area contributed by atoms with Crippen molar-refractivity contribution in [1.82, 2.24) is 0 Å². The highest BCUT2D eigenvalue weighted by Crippen LogP contribution is 2.67. The minimum atomic E-state index is -0.543. The molecule has 9 aromatic carbocycles. The quantitative estimate of drug-likeness (QED) is 0.133. The molecule has 3 unspecified atom stereocenters. The maximum atomic E-state index is 2.58. The fourth-order valence-electron chi connectivity index (χ4n) is 16.5. The van der Waals surface area contributed by atoms with Crippen LogP contribution in [0.1, 0.15) is 106 Å². The van der Waals surface area contributed by atoms with Gasteiger partial charge < -0.3 is 0 Å². The summed E-state index contributed by atoms with van der Waals surface area (Å²) < 4.78 is 0. The molecule has 2 heteroatoms. The van der Waals surface area contributed by atoms with Crippen molar-refractivity contribution in [2.45, 2.75) is 96.8 Å². The van der Waals surface area contributed by atoms with Crippen molar-refractivity contribution >= 4 is 51.6 Å². The van der Waals surface area contributed by atoms with E-state index in [0.29, 0.717) is 0 Å². The van der Waals surface area contributed by atoms with Crippen molar-refractivity contribution in [2.24, 2.45) is 11.8 Å². The molecule has 0 aliphatic heterocycles. The Labute approximate surface area is 434 Å². The highest BCUT2D eigenvalue weighted by molar-refractivity contribution is 7.67. The molecule has 1 heterocycles. The van der Waals surface area contributed by atoms with Crippen LogP contribution in [-0.4, -0.2) is 6.71 Å². The molecule has 0 radical (unpaired) electrons. The Morgan fingerprint density at radius 3 is 1.45 bits per heavy atom. The maximum absolute atomic E-state index is 2.58.